The van der Waals surface area contributed by atoms with Crippen molar-refractivity contribution in [3.8, 4) is 0 Å². The minimum Gasteiger partial charge on any atom is -0.126 e. The topological polar surface area (TPSA) is 0 Å². The molecule has 1 aromatic rings. The van der Waals surface area contributed by atoms with Crippen LogP contribution in [0.2, 0.25) is 0 Å². The normalized spacial score (nSPS) is 20.3. The summed E-state index contributed by atoms with van der Waals surface area (Å²) in [5, 5.41) is 0. The van der Waals surface area contributed by atoms with E-state index in [2.05, 4.69) is 25.1 Å². The summed E-state index contributed by atoms with van der Waals surface area (Å²) in [4.78, 5) is 0. The number of fused-ring (bicyclic) bond motifs is 1. The lowest BCUT2D eigenvalue weighted by atomic mass is 10.1. The Kier molecular flexibility index (Phi) is 2.59. The molecule has 0 N–H and O–H groups in total. The van der Waals surface area contributed by atoms with E-state index in [9.17, 15) is 0 Å². The zero-order chi connectivity index (χ0) is 9.26. The molecule has 1 unspecified atom stereocenters. The molecule has 1 aliphatic carbocycles. The van der Waals surface area contributed by atoms with Crippen molar-refractivity contribution in [2.45, 2.75) is 26.2 Å². The van der Waals surface area contributed by atoms with Crippen molar-refractivity contribution in [3.05, 3.63) is 34.9 Å². The first kappa shape index (κ1) is 9.08. The molecule has 0 saturated heterocycles. The molecule has 1 aliphatic rings. The molecule has 0 aliphatic heterocycles. The largest absolute Gasteiger partial charge is 0.126 e. The van der Waals surface area contributed by atoms with E-state index in [1.807, 2.05) is 0 Å². The van der Waals surface area contributed by atoms with Gasteiger partial charge in [-0.05, 0) is 41.9 Å². The third-order valence-electron chi connectivity index (χ3n) is 2.79. The second-order valence-corrected chi connectivity index (χ2v) is 4.43. The Morgan fingerprint density at radius 3 is 2.85 bits per heavy atom. The number of alkyl halides is 1. The first-order chi connectivity index (χ1) is 6.29. The van der Waals surface area contributed by atoms with Crippen molar-refractivity contribution in [2.75, 3.05) is 5.88 Å². The minimum atomic E-state index is 0.730. The van der Waals surface area contributed by atoms with Crippen molar-refractivity contribution in [3.63, 3.8) is 0 Å². The van der Waals surface area contributed by atoms with E-state index in [4.69, 9.17) is 11.6 Å². The van der Waals surface area contributed by atoms with E-state index in [0.29, 0.717) is 0 Å². The molecule has 1 atom stereocenters. The zero-order valence-corrected chi connectivity index (χ0v) is 8.77. The predicted octanol–water partition coefficient (Wildman–Crippen LogP) is 3.20. The van der Waals surface area contributed by atoms with Gasteiger partial charge in [0.05, 0.1) is 0 Å². The molecule has 0 saturated carbocycles. The van der Waals surface area contributed by atoms with Gasteiger partial charge < -0.3 is 0 Å². The van der Waals surface area contributed by atoms with Gasteiger partial charge in [-0.15, -0.1) is 11.6 Å². The maximum Gasteiger partial charge on any atom is 0.0263 e. The number of rotatable bonds is 2. The average molecular weight is 195 g/mol. The molecular formula is C12H15Cl. The third-order valence-corrected chi connectivity index (χ3v) is 2.98. The molecule has 0 aromatic heterocycles. The van der Waals surface area contributed by atoms with Crippen LogP contribution in [0.1, 0.15) is 23.6 Å². The van der Waals surface area contributed by atoms with Crippen molar-refractivity contribution in [1.82, 2.24) is 0 Å². The number of aryl methyl sites for hydroxylation is 1. The highest BCUT2D eigenvalue weighted by Crippen LogP contribution is 2.27. The van der Waals surface area contributed by atoms with Crippen molar-refractivity contribution in [2.24, 2.45) is 5.92 Å². The van der Waals surface area contributed by atoms with Crippen molar-refractivity contribution < 1.29 is 0 Å². The molecule has 1 heteroatoms. The number of benzene rings is 1. The molecule has 13 heavy (non-hydrogen) atoms. The summed E-state index contributed by atoms with van der Waals surface area (Å²) in [6, 6.07) is 6.83. The fourth-order valence-corrected chi connectivity index (χ4v) is 2.37. The van der Waals surface area contributed by atoms with Gasteiger partial charge in [0.15, 0.2) is 0 Å². The lowest BCUT2D eigenvalue weighted by Crippen LogP contribution is -1.90. The van der Waals surface area contributed by atoms with Crippen LogP contribution < -0.4 is 0 Å². The second kappa shape index (κ2) is 3.71. The molecule has 0 bridgehead atoms. The van der Waals surface area contributed by atoms with E-state index in [0.717, 1.165) is 18.2 Å². The van der Waals surface area contributed by atoms with Crippen molar-refractivity contribution >= 4 is 11.6 Å². The standard InChI is InChI=1S/C12H15Cl/c1-9-6-11-3-2-10(4-5-13)8-12(11)7-9/h2-3,8-9H,4-7H2,1H3. The van der Waals surface area contributed by atoms with Crippen LogP contribution in [0, 0.1) is 5.92 Å². The average Bonchev–Trinajstić information content (AvgIpc) is 2.44. The van der Waals surface area contributed by atoms with E-state index in [-0.39, 0.29) is 0 Å². The Labute approximate surface area is 84.9 Å². The smallest absolute Gasteiger partial charge is 0.0263 e. The van der Waals surface area contributed by atoms with Gasteiger partial charge in [-0.3, -0.25) is 0 Å². The van der Waals surface area contributed by atoms with Crippen LogP contribution >= 0.6 is 11.6 Å². The van der Waals surface area contributed by atoms with Crippen LogP contribution in [0.25, 0.3) is 0 Å². The summed E-state index contributed by atoms with van der Waals surface area (Å²) in [6.45, 7) is 2.32. The molecular weight excluding hydrogens is 180 g/mol. The molecule has 0 spiro atoms. The highest BCUT2D eigenvalue weighted by atomic mass is 35.5. The number of hydrogen-bond acceptors (Lipinski definition) is 0. The molecule has 0 radical (unpaired) electrons. The van der Waals surface area contributed by atoms with Gasteiger partial charge in [0.2, 0.25) is 0 Å². The summed E-state index contributed by atoms with van der Waals surface area (Å²) < 4.78 is 0. The summed E-state index contributed by atoms with van der Waals surface area (Å²) in [7, 11) is 0. The number of hydrogen-bond donors (Lipinski definition) is 0. The van der Waals surface area contributed by atoms with Gasteiger partial charge in [-0.25, -0.2) is 0 Å². The SMILES string of the molecule is CC1Cc2ccc(CCCl)cc2C1. The highest BCUT2D eigenvalue weighted by Gasteiger charge is 2.17. The van der Waals surface area contributed by atoms with Crippen LogP contribution in [0.5, 0.6) is 0 Å². The molecule has 70 valence electrons. The fourth-order valence-electron chi connectivity index (χ4n) is 2.16. The maximum absolute atomic E-state index is 5.72. The van der Waals surface area contributed by atoms with Gasteiger partial charge in [0.1, 0.15) is 0 Å². The Morgan fingerprint density at radius 2 is 2.08 bits per heavy atom. The fraction of sp³-hybridized carbons (Fsp3) is 0.500. The Morgan fingerprint density at radius 1 is 1.31 bits per heavy atom. The first-order valence-corrected chi connectivity index (χ1v) is 5.49. The van der Waals surface area contributed by atoms with Gasteiger partial charge in [0, 0.05) is 5.88 Å². The van der Waals surface area contributed by atoms with Crippen LogP contribution in [0.15, 0.2) is 18.2 Å². The molecule has 0 amide bonds. The van der Waals surface area contributed by atoms with E-state index >= 15 is 0 Å². The van der Waals surface area contributed by atoms with Crippen LogP contribution in [-0.4, -0.2) is 5.88 Å². The second-order valence-electron chi connectivity index (χ2n) is 4.06. The molecule has 0 heterocycles. The predicted molar refractivity (Wildman–Crippen MR) is 57.4 cm³/mol. The van der Waals surface area contributed by atoms with E-state index < -0.39 is 0 Å². The quantitative estimate of drug-likeness (QED) is 0.635. The molecule has 0 fully saturated rings. The van der Waals surface area contributed by atoms with Crippen LogP contribution in [0.4, 0.5) is 0 Å². The summed E-state index contributed by atoms with van der Waals surface area (Å²) >= 11 is 5.72. The van der Waals surface area contributed by atoms with Crippen molar-refractivity contribution in [1.29, 1.82) is 0 Å². The van der Waals surface area contributed by atoms with Gasteiger partial charge in [-0.1, -0.05) is 25.1 Å². The van der Waals surface area contributed by atoms with Gasteiger partial charge in [-0.2, -0.15) is 0 Å². The maximum atomic E-state index is 5.72. The van der Waals surface area contributed by atoms with E-state index in [1.54, 1.807) is 11.1 Å². The molecule has 0 nitrogen and oxygen atoms in total. The zero-order valence-electron chi connectivity index (χ0n) is 8.02. The highest BCUT2D eigenvalue weighted by molar-refractivity contribution is 6.17. The van der Waals surface area contributed by atoms with Gasteiger partial charge in [0.25, 0.3) is 0 Å². The lowest BCUT2D eigenvalue weighted by Gasteiger charge is -2.02. The molecule has 1 aromatic carbocycles. The number of halogens is 1. The Hall–Kier alpha value is -0.490. The van der Waals surface area contributed by atoms with Crippen LogP contribution in [0.3, 0.4) is 0 Å². The first-order valence-electron chi connectivity index (χ1n) is 4.96. The van der Waals surface area contributed by atoms with Gasteiger partial charge >= 0.3 is 0 Å². The third kappa shape index (κ3) is 1.88. The molecule has 2 rings (SSSR count). The van der Waals surface area contributed by atoms with Crippen LogP contribution in [-0.2, 0) is 19.3 Å². The summed E-state index contributed by atoms with van der Waals surface area (Å²) in [5.41, 5.74) is 4.49. The minimum absolute atomic E-state index is 0.730. The Bertz CT molecular complexity index is 304. The summed E-state index contributed by atoms with van der Waals surface area (Å²) in [5.74, 6) is 1.56. The monoisotopic (exact) mass is 194 g/mol. The lowest BCUT2D eigenvalue weighted by molar-refractivity contribution is 0.627. The van der Waals surface area contributed by atoms with E-state index in [1.165, 1.54) is 18.4 Å². The Balaban J connectivity index is 2.24. The summed E-state index contributed by atoms with van der Waals surface area (Å²) in [6.07, 6.45) is 3.52.